The quantitative estimate of drug-likeness (QED) is 0.118. The molecule has 3 N–H and O–H groups in total. The largest absolute Gasteiger partial charge is 0.417 e. The standard InChI is InChI=1S/C28H36N7O7P/c1-3-4-15-41-43(39,40)16-10-22(27(37)42-28(38)34-13-11-29-12-14-34)32-26(36)23-17-24(35-19-20(2)18-30-35)33-25(31-23)21-8-6-5-7-9-21/h5-9,17-19,22,29H,3-4,10-16H2,1-2H3,(H,32,36)(H,39,40). The lowest BCUT2D eigenvalue weighted by Crippen LogP contribution is -2.49. The van der Waals surface area contributed by atoms with E-state index in [0.717, 1.165) is 12.0 Å². The Kier molecular flexibility index (Phi) is 11.1. The highest BCUT2D eigenvalue weighted by molar-refractivity contribution is 7.52. The highest BCUT2D eigenvalue weighted by Gasteiger charge is 2.31. The molecule has 2 unspecified atom stereocenters. The van der Waals surface area contributed by atoms with E-state index < -0.39 is 37.8 Å². The summed E-state index contributed by atoms with van der Waals surface area (Å²) in [4.78, 5) is 60.0. The smallest absolute Gasteiger partial charge is 0.375 e. The van der Waals surface area contributed by atoms with Gasteiger partial charge in [0.15, 0.2) is 11.6 Å². The van der Waals surface area contributed by atoms with Crippen LogP contribution in [0.5, 0.6) is 0 Å². The molecule has 0 spiro atoms. The number of nitrogens with zero attached hydrogens (tertiary/aromatic N) is 5. The number of piperazine rings is 1. The van der Waals surface area contributed by atoms with Gasteiger partial charge >= 0.3 is 19.7 Å². The molecular formula is C28H36N7O7P. The van der Waals surface area contributed by atoms with Crippen molar-refractivity contribution in [2.24, 2.45) is 0 Å². The molecule has 3 aromatic rings. The van der Waals surface area contributed by atoms with Gasteiger partial charge in [0.2, 0.25) is 0 Å². The van der Waals surface area contributed by atoms with Crippen molar-refractivity contribution < 1.29 is 33.1 Å². The number of rotatable bonds is 12. The Morgan fingerprint density at radius 1 is 1.16 bits per heavy atom. The average Bonchev–Trinajstić information content (AvgIpc) is 3.46. The van der Waals surface area contributed by atoms with Gasteiger partial charge in [-0.1, -0.05) is 43.7 Å². The van der Waals surface area contributed by atoms with Crippen LogP contribution < -0.4 is 10.6 Å². The van der Waals surface area contributed by atoms with Crippen molar-refractivity contribution in [1.29, 1.82) is 0 Å². The number of hydrogen-bond donors (Lipinski definition) is 3. The SMILES string of the molecule is CCCCOP(=O)(O)CCC(NC(=O)c1cc(-n2cc(C)cn2)nc(-c2ccccc2)n1)C(=O)OC(=O)N1CCNCC1. The van der Waals surface area contributed by atoms with Crippen LogP contribution in [0.4, 0.5) is 4.79 Å². The summed E-state index contributed by atoms with van der Waals surface area (Å²) in [5.74, 6) is -1.29. The van der Waals surface area contributed by atoms with E-state index in [9.17, 15) is 23.8 Å². The Labute approximate surface area is 249 Å². The minimum Gasteiger partial charge on any atom is -0.375 e. The second-order valence-electron chi connectivity index (χ2n) is 10.0. The Morgan fingerprint density at radius 3 is 2.58 bits per heavy atom. The molecule has 1 saturated heterocycles. The van der Waals surface area contributed by atoms with Crippen molar-refractivity contribution in [3.8, 4) is 17.2 Å². The number of aryl methyl sites for hydroxylation is 1. The van der Waals surface area contributed by atoms with Crippen LogP contribution in [0.1, 0.15) is 42.2 Å². The molecule has 1 aromatic carbocycles. The van der Waals surface area contributed by atoms with Crippen LogP contribution in [0.25, 0.3) is 17.2 Å². The van der Waals surface area contributed by atoms with Gasteiger partial charge in [0.1, 0.15) is 11.7 Å². The number of hydrogen-bond acceptors (Lipinski definition) is 10. The first kappa shape index (κ1) is 32.0. The van der Waals surface area contributed by atoms with Gasteiger partial charge < -0.3 is 29.7 Å². The normalized spacial score (nSPS) is 15.4. The van der Waals surface area contributed by atoms with Crippen LogP contribution in [0.2, 0.25) is 0 Å². The third-order valence-corrected chi connectivity index (χ3v) is 7.98. The number of unbranched alkanes of at least 4 members (excludes halogenated alkanes) is 1. The third kappa shape index (κ3) is 9.26. The fourth-order valence-corrected chi connectivity index (χ4v) is 5.31. The summed E-state index contributed by atoms with van der Waals surface area (Å²) in [7, 11) is -4.09. The lowest BCUT2D eigenvalue weighted by Gasteiger charge is -2.27. The molecule has 0 aliphatic carbocycles. The molecule has 1 fully saturated rings. The number of nitrogens with one attached hydrogen (secondary N) is 2. The van der Waals surface area contributed by atoms with E-state index in [1.165, 1.54) is 15.6 Å². The number of amides is 2. The van der Waals surface area contributed by atoms with E-state index in [2.05, 4.69) is 25.7 Å². The van der Waals surface area contributed by atoms with Gasteiger partial charge in [0.05, 0.1) is 19.0 Å². The van der Waals surface area contributed by atoms with Crippen LogP contribution in [0.15, 0.2) is 48.8 Å². The monoisotopic (exact) mass is 613 g/mol. The summed E-state index contributed by atoms with van der Waals surface area (Å²) in [6.07, 6.45) is 3.10. The minimum absolute atomic E-state index is 0.0755. The zero-order valence-electron chi connectivity index (χ0n) is 24.1. The summed E-state index contributed by atoms with van der Waals surface area (Å²) < 4.78 is 24.3. The van der Waals surface area contributed by atoms with Gasteiger partial charge in [-0.25, -0.2) is 24.2 Å². The van der Waals surface area contributed by atoms with Crippen molar-refractivity contribution in [2.75, 3.05) is 38.9 Å². The number of carbonyl (C=O) groups excluding carboxylic acids is 3. The second kappa shape index (κ2) is 15.0. The zero-order chi connectivity index (χ0) is 30.8. The third-order valence-electron chi connectivity index (χ3n) is 6.57. The van der Waals surface area contributed by atoms with Gasteiger partial charge in [-0.05, 0) is 25.3 Å². The Morgan fingerprint density at radius 2 is 1.91 bits per heavy atom. The molecular weight excluding hydrogens is 577 g/mol. The molecule has 1 aliphatic heterocycles. The molecule has 2 aromatic heterocycles. The zero-order valence-corrected chi connectivity index (χ0v) is 25.0. The van der Waals surface area contributed by atoms with Crippen molar-refractivity contribution in [3.63, 3.8) is 0 Å². The summed E-state index contributed by atoms with van der Waals surface area (Å²) in [6, 6.07) is 8.98. The van der Waals surface area contributed by atoms with Gasteiger partial charge in [-0.3, -0.25) is 9.36 Å². The second-order valence-corrected chi connectivity index (χ2v) is 12.0. The molecule has 2 amide bonds. The molecule has 43 heavy (non-hydrogen) atoms. The van der Waals surface area contributed by atoms with E-state index in [1.807, 2.05) is 19.9 Å². The summed E-state index contributed by atoms with van der Waals surface area (Å²) in [6.45, 7) is 5.63. The first-order chi connectivity index (χ1) is 20.6. The molecule has 4 rings (SSSR count). The van der Waals surface area contributed by atoms with Crippen molar-refractivity contribution in [3.05, 3.63) is 60.0 Å². The average molecular weight is 614 g/mol. The highest BCUT2D eigenvalue weighted by Crippen LogP contribution is 2.43. The highest BCUT2D eigenvalue weighted by atomic mass is 31.2. The first-order valence-electron chi connectivity index (χ1n) is 14.1. The molecule has 0 radical (unpaired) electrons. The molecule has 0 bridgehead atoms. The molecule has 230 valence electrons. The van der Waals surface area contributed by atoms with Gasteiger partial charge in [-0.15, -0.1) is 0 Å². The number of aromatic nitrogens is 4. The maximum atomic E-state index is 13.5. The number of benzene rings is 1. The van der Waals surface area contributed by atoms with E-state index in [1.54, 1.807) is 36.7 Å². The fraction of sp³-hybridized carbons (Fsp3) is 0.429. The molecule has 3 heterocycles. The maximum Gasteiger partial charge on any atom is 0.417 e. The molecule has 0 saturated carbocycles. The van der Waals surface area contributed by atoms with Crippen molar-refractivity contribution in [1.82, 2.24) is 35.3 Å². The van der Waals surface area contributed by atoms with Gasteiger partial charge in [0, 0.05) is 44.0 Å². The van der Waals surface area contributed by atoms with E-state index in [4.69, 9.17) is 9.26 Å². The summed E-state index contributed by atoms with van der Waals surface area (Å²) in [5, 5.41) is 9.91. The predicted octanol–water partition coefficient (Wildman–Crippen LogP) is 2.70. The van der Waals surface area contributed by atoms with Gasteiger partial charge in [-0.2, -0.15) is 5.10 Å². The van der Waals surface area contributed by atoms with Gasteiger partial charge in [0.25, 0.3) is 5.91 Å². The lowest BCUT2D eigenvalue weighted by molar-refractivity contribution is -0.140. The van der Waals surface area contributed by atoms with Crippen LogP contribution in [0.3, 0.4) is 0 Å². The van der Waals surface area contributed by atoms with Crippen molar-refractivity contribution in [2.45, 2.75) is 39.2 Å². The van der Waals surface area contributed by atoms with Crippen molar-refractivity contribution >= 4 is 25.6 Å². The Hall–Kier alpha value is -3.97. The minimum atomic E-state index is -4.09. The van der Waals surface area contributed by atoms with Crippen LogP contribution >= 0.6 is 7.60 Å². The van der Waals surface area contributed by atoms with E-state index in [0.29, 0.717) is 44.0 Å². The maximum absolute atomic E-state index is 13.5. The molecule has 2 atom stereocenters. The summed E-state index contributed by atoms with van der Waals surface area (Å²) >= 11 is 0. The topological polar surface area (TPSA) is 178 Å². The van der Waals surface area contributed by atoms with E-state index in [-0.39, 0.29) is 24.5 Å². The predicted molar refractivity (Wildman–Crippen MR) is 157 cm³/mol. The van der Waals surface area contributed by atoms with Crippen LogP contribution in [-0.2, 0) is 18.6 Å². The molecule has 1 aliphatic rings. The Balaban J connectivity index is 1.58. The fourth-order valence-electron chi connectivity index (χ4n) is 4.18. The first-order valence-corrected chi connectivity index (χ1v) is 15.9. The number of carbonyl (C=O) groups is 3. The molecule has 14 nitrogen and oxygen atoms in total. The summed E-state index contributed by atoms with van der Waals surface area (Å²) in [5.41, 5.74) is 1.43. The molecule has 15 heteroatoms. The van der Waals surface area contributed by atoms with E-state index >= 15 is 0 Å². The van der Waals surface area contributed by atoms with Crippen LogP contribution in [-0.4, -0.2) is 92.5 Å². The Bertz CT molecular complexity index is 1460. The van der Waals surface area contributed by atoms with Crippen LogP contribution in [0, 0.1) is 6.92 Å². The number of ether oxygens (including phenoxy) is 1. The lowest BCUT2D eigenvalue weighted by atomic mass is 10.2. The number of esters is 1.